The van der Waals surface area contributed by atoms with E-state index in [1.807, 2.05) is 0 Å². The maximum absolute atomic E-state index is 11.0. The van der Waals surface area contributed by atoms with Gasteiger partial charge in [0.25, 0.3) is 0 Å². The molecule has 3 rings (SSSR count). The first-order valence-corrected chi connectivity index (χ1v) is 7.97. The number of ether oxygens (including phenoxy) is 1. The first-order chi connectivity index (χ1) is 9.32. The lowest BCUT2D eigenvalue weighted by Crippen LogP contribution is -2.56. The quantitative estimate of drug-likeness (QED) is 0.739. The fraction of sp³-hybridized carbons (Fsp3) is 0.875. The molecule has 3 heteroatoms. The van der Waals surface area contributed by atoms with Crippen LogP contribution in [0.25, 0.3) is 0 Å². The van der Waals surface area contributed by atoms with Crippen molar-refractivity contribution in [3.05, 3.63) is 12.2 Å². The number of nitrogens with zero attached hydrogens (tertiary/aromatic N) is 1. The van der Waals surface area contributed by atoms with Crippen LogP contribution in [0.15, 0.2) is 12.2 Å². The zero-order chi connectivity index (χ0) is 13.1. The van der Waals surface area contributed by atoms with Crippen molar-refractivity contribution in [2.24, 2.45) is 5.41 Å². The Morgan fingerprint density at radius 1 is 1.11 bits per heavy atom. The normalized spacial score (nSPS) is 41.3. The molecule has 2 heterocycles. The van der Waals surface area contributed by atoms with E-state index in [4.69, 9.17) is 4.74 Å². The summed E-state index contributed by atoms with van der Waals surface area (Å²) in [6.07, 6.45) is 12.5. The molecule has 0 aromatic heterocycles. The number of aliphatic hydroxyl groups is 1. The van der Waals surface area contributed by atoms with Crippen LogP contribution in [0, 0.1) is 5.41 Å². The van der Waals surface area contributed by atoms with Crippen molar-refractivity contribution in [3.63, 3.8) is 0 Å². The van der Waals surface area contributed by atoms with Gasteiger partial charge in [0.15, 0.2) is 0 Å². The van der Waals surface area contributed by atoms with Gasteiger partial charge in [0.05, 0.1) is 19.3 Å². The minimum Gasteiger partial charge on any atom is -0.391 e. The summed E-state index contributed by atoms with van der Waals surface area (Å²) in [7, 11) is 0. The van der Waals surface area contributed by atoms with Gasteiger partial charge in [-0.3, -0.25) is 4.90 Å². The van der Waals surface area contributed by atoms with E-state index in [2.05, 4.69) is 17.1 Å². The van der Waals surface area contributed by atoms with E-state index in [0.717, 1.165) is 25.9 Å². The van der Waals surface area contributed by atoms with Crippen LogP contribution in [-0.2, 0) is 4.74 Å². The van der Waals surface area contributed by atoms with E-state index in [-0.39, 0.29) is 11.5 Å². The molecule has 1 N–H and O–H groups in total. The molecule has 1 saturated heterocycles. The van der Waals surface area contributed by atoms with Crippen molar-refractivity contribution < 1.29 is 9.84 Å². The number of rotatable bonds is 1. The Kier molecular flexibility index (Phi) is 4.25. The fourth-order valence-electron chi connectivity index (χ4n) is 4.17. The van der Waals surface area contributed by atoms with Gasteiger partial charge in [0.1, 0.15) is 0 Å². The Morgan fingerprint density at radius 2 is 1.95 bits per heavy atom. The fourth-order valence-corrected chi connectivity index (χ4v) is 4.17. The maximum Gasteiger partial charge on any atom is 0.0776 e. The molecular formula is C16H27NO2. The molecule has 0 aromatic rings. The van der Waals surface area contributed by atoms with Crippen LogP contribution in [0.2, 0.25) is 0 Å². The van der Waals surface area contributed by atoms with Crippen molar-refractivity contribution in [3.8, 4) is 0 Å². The maximum atomic E-state index is 11.0. The molecule has 3 aliphatic rings. The number of piperidine rings is 1. The van der Waals surface area contributed by atoms with E-state index < -0.39 is 0 Å². The van der Waals surface area contributed by atoms with E-state index in [1.165, 1.54) is 38.8 Å². The van der Waals surface area contributed by atoms with Crippen molar-refractivity contribution >= 4 is 0 Å². The second kappa shape index (κ2) is 5.94. The molecule has 3 nitrogen and oxygen atoms in total. The van der Waals surface area contributed by atoms with Crippen LogP contribution in [0.4, 0.5) is 0 Å². The number of likely N-dealkylation sites (tertiary alicyclic amines) is 1. The topological polar surface area (TPSA) is 32.7 Å². The third kappa shape index (κ3) is 2.74. The second-order valence-electron chi connectivity index (χ2n) is 6.55. The van der Waals surface area contributed by atoms with Gasteiger partial charge in [-0.15, -0.1) is 0 Å². The molecule has 0 unspecified atom stereocenters. The number of hydrogen-bond donors (Lipinski definition) is 1. The van der Waals surface area contributed by atoms with E-state index in [9.17, 15) is 5.11 Å². The highest BCUT2D eigenvalue weighted by Crippen LogP contribution is 2.43. The molecule has 0 bridgehead atoms. The highest BCUT2D eigenvalue weighted by molar-refractivity contribution is 5.04. The molecular weight excluding hydrogens is 238 g/mol. The first-order valence-electron chi connectivity index (χ1n) is 7.97. The number of allylic oxidation sites excluding steroid dienone is 1. The molecule has 108 valence electrons. The third-order valence-corrected chi connectivity index (χ3v) is 5.32. The van der Waals surface area contributed by atoms with Crippen molar-refractivity contribution in [2.75, 3.05) is 26.3 Å². The van der Waals surface area contributed by atoms with Gasteiger partial charge in [-0.05, 0) is 45.2 Å². The largest absolute Gasteiger partial charge is 0.391 e. The summed E-state index contributed by atoms with van der Waals surface area (Å²) in [4.78, 5) is 2.55. The summed E-state index contributed by atoms with van der Waals surface area (Å²) in [5.74, 6) is 0. The van der Waals surface area contributed by atoms with Crippen LogP contribution >= 0.6 is 0 Å². The molecule has 1 aliphatic carbocycles. The monoisotopic (exact) mass is 265 g/mol. The Hall–Kier alpha value is -0.380. The average Bonchev–Trinajstić information content (AvgIpc) is 2.70. The smallest absolute Gasteiger partial charge is 0.0776 e. The van der Waals surface area contributed by atoms with Crippen LogP contribution in [0.3, 0.4) is 0 Å². The summed E-state index contributed by atoms with van der Waals surface area (Å²) in [6.45, 7) is 3.79. The molecule has 0 amide bonds. The van der Waals surface area contributed by atoms with Crippen molar-refractivity contribution in [2.45, 2.75) is 57.1 Å². The molecule has 0 aromatic carbocycles. The number of hydrogen-bond acceptors (Lipinski definition) is 3. The van der Waals surface area contributed by atoms with Gasteiger partial charge in [0, 0.05) is 11.5 Å². The van der Waals surface area contributed by atoms with Crippen LogP contribution in [0.1, 0.15) is 44.9 Å². The Morgan fingerprint density at radius 3 is 2.79 bits per heavy atom. The highest BCUT2D eigenvalue weighted by atomic mass is 16.5. The lowest BCUT2D eigenvalue weighted by molar-refractivity contribution is -0.105. The predicted molar refractivity (Wildman–Crippen MR) is 76.1 cm³/mol. The Balaban J connectivity index is 1.73. The van der Waals surface area contributed by atoms with Gasteiger partial charge in [-0.25, -0.2) is 0 Å². The molecule has 1 saturated carbocycles. The van der Waals surface area contributed by atoms with Gasteiger partial charge in [-0.1, -0.05) is 25.0 Å². The van der Waals surface area contributed by atoms with E-state index in [1.54, 1.807) is 0 Å². The minimum atomic E-state index is -0.220. The lowest BCUT2D eigenvalue weighted by Gasteiger charge is -2.49. The molecule has 19 heavy (non-hydrogen) atoms. The Bertz CT molecular complexity index is 325. The minimum absolute atomic E-state index is 0.0205. The van der Waals surface area contributed by atoms with E-state index in [0.29, 0.717) is 12.6 Å². The van der Waals surface area contributed by atoms with Gasteiger partial charge < -0.3 is 9.84 Å². The summed E-state index contributed by atoms with van der Waals surface area (Å²) < 4.78 is 5.73. The lowest BCUT2D eigenvalue weighted by atomic mass is 9.67. The summed E-state index contributed by atoms with van der Waals surface area (Å²) in [5, 5.41) is 11.0. The summed E-state index contributed by atoms with van der Waals surface area (Å²) in [6, 6.07) is 0.365. The average molecular weight is 265 g/mol. The highest BCUT2D eigenvalue weighted by Gasteiger charge is 2.46. The Labute approximate surface area is 116 Å². The summed E-state index contributed by atoms with van der Waals surface area (Å²) in [5.41, 5.74) is -0.0205. The van der Waals surface area contributed by atoms with Crippen molar-refractivity contribution in [1.82, 2.24) is 4.90 Å². The standard InChI is InChI=1S/C16H27NO2/c18-15-14(17-10-3-1-4-11-17)7-6-9-16(15)8-2-5-12-19-13-16/h2,5,14-15,18H,1,3-4,6-13H2/t14-,15+,16+/m0/s1. The van der Waals surface area contributed by atoms with Crippen LogP contribution in [-0.4, -0.2) is 48.5 Å². The molecule has 1 spiro atoms. The first kappa shape index (κ1) is 13.6. The molecule has 2 aliphatic heterocycles. The predicted octanol–water partition coefficient (Wildman–Crippen LogP) is 2.35. The van der Waals surface area contributed by atoms with Crippen LogP contribution in [0.5, 0.6) is 0 Å². The van der Waals surface area contributed by atoms with Crippen LogP contribution < -0.4 is 0 Å². The molecule has 3 atom stereocenters. The van der Waals surface area contributed by atoms with Gasteiger partial charge in [-0.2, -0.15) is 0 Å². The molecule has 0 radical (unpaired) electrons. The SMILES string of the molecule is O[C@@H]1[C@@H](N2CCCCC2)CCC[C@@]12CC=CCOC2. The zero-order valence-electron chi connectivity index (χ0n) is 11.9. The van der Waals surface area contributed by atoms with Gasteiger partial charge >= 0.3 is 0 Å². The third-order valence-electron chi connectivity index (χ3n) is 5.32. The van der Waals surface area contributed by atoms with E-state index >= 15 is 0 Å². The number of aliphatic hydroxyl groups excluding tert-OH is 1. The molecule has 2 fully saturated rings. The second-order valence-corrected chi connectivity index (χ2v) is 6.55. The summed E-state index contributed by atoms with van der Waals surface area (Å²) >= 11 is 0. The van der Waals surface area contributed by atoms with Gasteiger partial charge in [0.2, 0.25) is 0 Å². The zero-order valence-corrected chi connectivity index (χ0v) is 11.9. The van der Waals surface area contributed by atoms with Crippen molar-refractivity contribution in [1.29, 1.82) is 0 Å².